The number of anilines is 1. The number of urea groups is 1. The number of carboxylic acid groups (broad SMARTS) is 1. The van der Waals surface area contributed by atoms with Crippen LogP contribution in [-0.2, 0) is 4.79 Å². The van der Waals surface area contributed by atoms with Crippen molar-refractivity contribution in [2.24, 2.45) is 0 Å². The molecule has 1 unspecified atom stereocenters. The third-order valence-electron chi connectivity index (χ3n) is 2.60. The smallest absolute Gasteiger partial charge is 0.327 e. The first kappa shape index (κ1) is 14.7. The highest BCUT2D eigenvalue weighted by Gasteiger charge is 2.34. The van der Waals surface area contributed by atoms with Gasteiger partial charge in [0.25, 0.3) is 0 Å². The number of benzene rings is 1. The third kappa shape index (κ3) is 3.43. The molecule has 5 nitrogen and oxygen atoms in total. The molecule has 0 aliphatic carbocycles. The van der Waals surface area contributed by atoms with Crippen molar-refractivity contribution in [2.75, 3.05) is 16.9 Å². The van der Waals surface area contributed by atoms with Gasteiger partial charge in [0.2, 0.25) is 0 Å². The van der Waals surface area contributed by atoms with E-state index in [-0.39, 0.29) is 0 Å². The summed E-state index contributed by atoms with van der Waals surface area (Å²) in [6, 6.07) is 4.21. The molecule has 1 aliphatic heterocycles. The number of aliphatic carboxylic acids is 1. The number of halogens is 2. The van der Waals surface area contributed by atoms with E-state index in [0.717, 1.165) is 8.95 Å². The molecule has 2 amide bonds. The minimum atomic E-state index is -0.978. The fourth-order valence-electron chi connectivity index (χ4n) is 1.63. The van der Waals surface area contributed by atoms with Gasteiger partial charge in [-0.1, -0.05) is 15.9 Å². The number of carbonyl (C=O) groups is 2. The summed E-state index contributed by atoms with van der Waals surface area (Å²) in [6.45, 7) is 0. The van der Waals surface area contributed by atoms with E-state index in [0.29, 0.717) is 17.3 Å². The topological polar surface area (TPSA) is 69.6 Å². The van der Waals surface area contributed by atoms with Crippen LogP contribution in [0.1, 0.15) is 0 Å². The number of thioether (sulfide) groups is 1. The fourth-order valence-corrected chi connectivity index (χ4v) is 3.48. The fraction of sp³-hybridized carbons (Fsp3) is 0.273. The molecule has 1 aromatic carbocycles. The largest absolute Gasteiger partial charge is 0.480 e. The van der Waals surface area contributed by atoms with Gasteiger partial charge in [-0.15, -0.1) is 11.8 Å². The van der Waals surface area contributed by atoms with E-state index in [1.54, 1.807) is 12.1 Å². The molecule has 8 heteroatoms. The number of amides is 2. The zero-order chi connectivity index (χ0) is 14.0. The van der Waals surface area contributed by atoms with Crippen molar-refractivity contribution in [2.45, 2.75) is 6.04 Å². The van der Waals surface area contributed by atoms with Crippen molar-refractivity contribution in [1.29, 1.82) is 0 Å². The first-order valence-corrected chi connectivity index (χ1v) is 8.06. The second kappa shape index (κ2) is 6.15. The molecule has 0 bridgehead atoms. The summed E-state index contributed by atoms with van der Waals surface area (Å²) in [5, 5.41) is 11.8. The van der Waals surface area contributed by atoms with Crippen LogP contribution in [0.5, 0.6) is 0 Å². The first-order valence-electron chi connectivity index (χ1n) is 5.32. The minimum absolute atomic E-state index is 0.383. The van der Waals surface area contributed by atoms with Crippen LogP contribution in [0.15, 0.2) is 27.1 Å². The van der Waals surface area contributed by atoms with E-state index >= 15 is 0 Å². The number of hydrogen-bond donors (Lipinski definition) is 2. The Morgan fingerprint density at radius 1 is 1.42 bits per heavy atom. The molecule has 0 spiro atoms. The monoisotopic (exact) mass is 408 g/mol. The Hall–Kier alpha value is -0.730. The number of hydrogen-bond acceptors (Lipinski definition) is 3. The average Bonchev–Trinajstić information content (AvgIpc) is 2.83. The van der Waals surface area contributed by atoms with Crippen molar-refractivity contribution < 1.29 is 14.7 Å². The Morgan fingerprint density at radius 2 is 2.16 bits per heavy atom. The second-order valence-corrected chi connectivity index (χ2v) is 6.65. The summed E-state index contributed by atoms with van der Waals surface area (Å²) in [7, 11) is 0. The van der Waals surface area contributed by atoms with Crippen LogP contribution in [0.3, 0.4) is 0 Å². The maximum absolute atomic E-state index is 12.1. The van der Waals surface area contributed by atoms with Crippen molar-refractivity contribution in [3.05, 3.63) is 27.1 Å². The number of rotatable bonds is 2. The van der Waals surface area contributed by atoms with Gasteiger partial charge in [0, 0.05) is 14.7 Å². The van der Waals surface area contributed by atoms with Crippen molar-refractivity contribution in [1.82, 2.24) is 4.90 Å². The van der Waals surface area contributed by atoms with Gasteiger partial charge < -0.3 is 15.3 Å². The number of nitrogens with one attached hydrogen (secondary N) is 1. The zero-order valence-corrected chi connectivity index (χ0v) is 13.6. The van der Waals surface area contributed by atoms with Gasteiger partial charge >= 0.3 is 12.0 Å². The third-order valence-corrected chi connectivity index (χ3v) is 4.80. The molecule has 0 saturated carbocycles. The molecular formula is C11H10Br2N2O3S. The van der Waals surface area contributed by atoms with Crippen LogP contribution in [0.25, 0.3) is 0 Å². The molecule has 2 N–H and O–H groups in total. The molecule has 1 fully saturated rings. The predicted molar refractivity (Wildman–Crippen MR) is 81.4 cm³/mol. The molecule has 102 valence electrons. The van der Waals surface area contributed by atoms with E-state index in [9.17, 15) is 9.59 Å². The SMILES string of the molecule is O=C(O)C1CSCN1C(=O)Nc1cc(Br)ccc1Br. The van der Waals surface area contributed by atoms with Crippen LogP contribution in [0.2, 0.25) is 0 Å². The maximum Gasteiger partial charge on any atom is 0.327 e. The number of carbonyl (C=O) groups excluding carboxylic acids is 1. The number of carboxylic acids is 1. The van der Waals surface area contributed by atoms with Crippen molar-refractivity contribution >= 4 is 61.3 Å². The molecule has 2 rings (SSSR count). The van der Waals surface area contributed by atoms with Crippen LogP contribution < -0.4 is 5.32 Å². The Bertz CT molecular complexity index is 527. The Kier molecular flexibility index (Phi) is 4.75. The van der Waals surface area contributed by atoms with E-state index < -0.39 is 18.0 Å². The molecule has 19 heavy (non-hydrogen) atoms. The summed E-state index contributed by atoms with van der Waals surface area (Å²) in [4.78, 5) is 24.5. The zero-order valence-electron chi connectivity index (χ0n) is 9.60. The molecule has 1 atom stereocenters. The lowest BCUT2D eigenvalue weighted by Crippen LogP contribution is -2.44. The first-order chi connectivity index (χ1) is 8.99. The Balaban J connectivity index is 2.12. The molecule has 0 radical (unpaired) electrons. The highest BCUT2D eigenvalue weighted by Crippen LogP contribution is 2.28. The lowest BCUT2D eigenvalue weighted by molar-refractivity contribution is -0.140. The molecule has 1 aromatic rings. The highest BCUT2D eigenvalue weighted by atomic mass is 79.9. The highest BCUT2D eigenvalue weighted by molar-refractivity contribution is 9.11. The van der Waals surface area contributed by atoms with Gasteiger partial charge in [-0.05, 0) is 34.1 Å². The maximum atomic E-state index is 12.1. The van der Waals surface area contributed by atoms with Crippen molar-refractivity contribution in [3.8, 4) is 0 Å². The summed E-state index contributed by atoms with van der Waals surface area (Å²) >= 11 is 8.08. The van der Waals surface area contributed by atoms with Gasteiger partial charge in [-0.2, -0.15) is 0 Å². The van der Waals surface area contributed by atoms with E-state index in [1.807, 2.05) is 6.07 Å². The summed E-state index contributed by atoms with van der Waals surface area (Å²) in [5.41, 5.74) is 0.598. The Labute approximate surface area is 131 Å². The lowest BCUT2D eigenvalue weighted by Gasteiger charge is -2.21. The summed E-state index contributed by atoms with van der Waals surface area (Å²) in [6.07, 6.45) is 0. The summed E-state index contributed by atoms with van der Waals surface area (Å²) in [5.74, 6) is -0.176. The van der Waals surface area contributed by atoms with E-state index in [4.69, 9.17) is 5.11 Å². The second-order valence-electron chi connectivity index (χ2n) is 3.88. The van der Waals surface area contributed by atoms with Gasteiger partial charge in [0.15, 0.2) is 0 Å². The van der Waals surface area contributed by atoms with E-state index in [1.165, 1.54) is 16.7 Å². The molecular weight excluding hydrogens is 400 g/mol. The predicted octanol–water partition coefficient (Wildman–Crippen LogP) is 3.20. The van der Waals surface area contributed by atoms with Crippen LogP contribution in [-0.4, -0.2) is 39.7 Å². The van der Waals surface area contributed by atoms with Crippen molar-refractivity contribution in [3.63, 3.8) is 0 Å². The number of nitrogens with zero attached hydrogens (tertiary/aromatic N) is 1. The lowest BCUT2D eigenvalue weighted by atomic mass is 10.3. The summed E-state index contributed by atoms with van der Waals surface area (Å²) < 4.78 is 1.57. The van der Waals surface area contributed by atoms with Gasteiger partial charge in [-0.3, -0.25) is 0 Å². The molecule has 1 saturated heterocycles. The quantitative estimate of drug-likeness (QED) is 0.786. The normalized spacial score (nSPS) is 18.4. The van der Waals surface area contributed by atoms with Gasteiger partial charge in [0.05, 0.1) is 11.6 Å². The van der Waals surface area contributed by atoms with Gasteiger partial charge in [-0.25, -0.2) is 9.59 Å². The van der Waals surface area contributed by atoms with Crippen LogP contribution in [0.4, 0.5) is 10.5 Å². The molecule has 0 aromatic heterocycles. The van der Waals surface area contributed by atoms with E-state index in [2.05, 4.69) is 37.2 Å². The standard InChI is InChI=1S/C11H10Br2N2O3S/c12-6-1-2-7(13)8(3-6)14-11(18)15-5-19-4-9(15)10(16)17/h1-3,9H,4-5H2,(H,14,18)(H,16,17). The Morgan fingerprint density at radius 3 is 2.84 bits per heavy atom. The van der Waals surface area contributed by atoms with Gasteiger partial charge in [0.1, 0.15) is 6.04 Å². The average molecular weight is 410 g/mol. The molecule has 1 aliphatic rings. The minimum Gasteiger partial charge on any atom is -0.480 e. The van der Waals surface area contributed by atoms with Crippen LogP contribution in [0, 0.1) is 0 Å². The molecule has 1 heterocycles. The van der Waals surface area contributed by atoms with Crippen LogP contribution >= 0.6 is 43.6 Å².